The lowest BCUT2D eigenvalue weighted by atomic mass is 10.0. The van der Waals surface area contributed by atoms with E-state index < -0.39 is 48.2 Å². The molecule has 0 spiro atoms. The molecule has 0 saturated heterocycles. The van der Waals surface area contributed by atoms with Crippen molar-refractivity contribution in [3.8, 4) is 0 Å². The van der Waals surface area contributed by atoms with Gasteiger partial charge in [0.1, 0.15) is 0 Å². The number of aliphatic hydroxyl groups excluding tert-OH is 1. The topological polar surface area (TPSA) is 107 Å². The Morgan fingerprint density at radius 3 is 1.52 bits per heavy atom. The van der Waals surface area contributed by atoms with Crippen LogP contribution in [-0.2, 0) is 28.7 Å². The highest BCUT2D eigenvalue weighted by Gasteiger charge is 2.28. The zero-order valence-electron chi connectivity index (χ0n) is 14.2. The summed E-state index contributed by atoms with van der Waals surface area (Å²) in [6, 6.07) is 0. The van der Waals surface area contributed by atoms with E-state index in [1.54, 1.807) is 27.7 Å². The largest absolute Gasteiger partial charge is 0.393 e. The number of hydrogen-bond acceptors (Lipinski definition) is 7. The summed E-state index contributed by atoms with van der Waals surface area (Å²) >= 11 is 0. The van der Waals surface area contributed by atoms with E-state index in [1.165, 1.54) is 0 Å². The molecule has 0 bridgehead atoms. The lowest BCUT2D eigenvalue weighted by molar-refractivity contribution is -0.174. The summed E-state index contributed by atoms with van der Waals surface area (Å²) in [7, 11) is 0. The van der Waals surface area contributed by atoms with E-state index in [1.807, 2.05) is 0 Å². The van der Waals surface area contributed by atoms with Gasteiger partial charge in [0.05, 0.1) is 18.3 Å². The number of rotatable bonds is 9. The van der Waals surface area contributed by atoms with Crippen LogP contribution in [0.4, 0.5) is 0 Å². The van der Waals surface area contributed by atoms with Crippen LogP contribution in [-0.4, -0.2) is 35.1 Å². The van der Waals surface area contributed by atoms with Gasteiger partial charge in [-0.1, -0.05) is 27.7 Å². The molecule has 0 radical (unpaired) electrons. The third-order valence-electron chi connectivity index (χ3n) is 3.69. The molecule has 0 fully saturated rings. The van der Waals surface area contributed by atoms with Crippen LogP contribution in [0.5, 0.6) is 0 Å². The highest BCUT2D eigenvalue weighted by Crippen LogP contribution is 2.12. The first-order chi connectivity index (χ1) is 10.8. The van der Waals surface area contributed by atoms with Crippen molar-refractivity contribution in [2.75, 3.05) is 0 Å². The van der Waals surface area contributed by atoms with Crippen LogP contribution in [0, 0.1) is 11.8 Å². The minimum atomic E-state index is -1.84. The van der Waals surface area contributed by atoms with Crippen molar-refractivity contribution in [2.45, 2.75) is 65.9 Å². The van der Waals surface area contributed by atoms with Crippen molar-refractivity contribution in [3.05, 3.63) is 0 Å². The maximum atomic E-state index is 11.6. The van der Waals surface area contributed by atoms with Gasteiger partial charge in [-0.25, -0.2) is 4.79 Å². The van der Waals surface area contributed by atoms with Crippen LogP contribution in [0.15, 0.2) is 0 Å². The maximum Gasteiger partial charge on any atom is 0.343 e. The number of ether oxygens (including phenoxy) is 2. The van der Waals surface area contributed by atoms with Gasteiger partial charge in [0.25, 0.3) is 0 Å². The summed E-state index contributed by atoms with van der Waals surface area (Å²) in [6.07, 6.45) is -0.514. The van der Waals surface area contributed by atoms with Gasteiger partial charge in [-0.2, -0.15) is 0 Å². The van der Waals surface area contributed by atoms with Gasteiger partial charge in [-0.3, -0.25) is 14.4 Å². The monoisotopic (exact) mass is 330 g/mol. The van der Waals surface area contributed by atoms with Crippen molar-refractivity contribution in [2.24, 2.45) is 11.8 Å². The second kappa shape index (κ2) is 10.9. The van der Waals surface area contributed by atoms with E-state index in [4.69, 9.17) is 0 Å². The van der Waals surface area contributed by atoms with E-state index in [9.17, 15) is 24.3 Å². The number of carbonyl (C=O) groups is 4. The molecule has 0 aliphatic carbocycles. The van der Waals surface area contributed by atoms with Crippen molar-refractivity contribution >= 4 is 23.9 Å². The Hall–Kier alpha value is -1.76. The van der Waals surface area contributed by atoms with Gasteiger partial charge >= 0.3 is 23.9 Å². The van der Waals surface area contributed by atoms with Gasteiger partial charge in [0.2, 0.25) is 0 Å². The molecule has 0 rings (SSSR count). The van der Waals surface area contributed by atoms with Crippen molar-refractivity contribution < 1.29 is 33.8 Å². The van der Waals surface area contributed by atoms with Gasteiger partial charge in [0, 0.05) is 0 Å². The normalized spacial score (nSPS) is 12.1. The molecule has 0 heterocycles. The van der Waals surface area contributed by atoms with Crippen LogP contribution in [0.2, 0.25) is 0 Å². The predicted octanol–water partition coefficient (Wildman–Crippen LogP) is 1.75. The first-order valence-electron chi connectivity index (χ1n) is 7.98. The van der Waals surface area contributed by atoms with E-state index in [2.05, 4.69) is 9.47 Å². The summed E-state index contributed by atoms with van der Waals surface area (Å²) in [6.45, 7) is 7.12. The molecule has 0 aromatic carbocycles. The van der Waals surface area contributed by atoms with Crippen LogP contribution >= 0.6 is 0 Å². The lowest BCUT2D eigenvalue weighted by Crippen LogP contribution is -2.32. The van der Waals surface area contributed by atoms with E-state index in [-0.39, 0.29) is 0 Å². The molecule has 132 valence electrons. The molecule has 0 aliphatic heterocycles. The van der Waals surface area contributed by atoms with E-state index in [0.29, 0.717) is 25.7 Å². The van der Waals surface area contributed by atoms with Crippen molar-refractivity contribution in [1.82, 2.24) is 0 Å². The van der Waals surface area contributed by atoms with E-state index in [0.717, 1.165) is 0 Å². The summed E-state index contributed by atoms with van der Waals surface area (Å²) in [5.41, 5.74) is 0. The molecule has 1 atom stereocenters. The molecule has 7 heteroatoms. The maximum absolute atomic E-state index is 11.6. The fourth-order valence-corrected chi connectivity index (χ4v) is 1.97. The molecule has 0 amide bonds. The van der Waals surface area contributed by atoms with Crippen LogP contribution in [0.3, 0.4) is 0 Å². The Morgan fingerprint density at radius 1 is 0.739 bits per heavy atom. The Bertz CT molecular complexity index is 422. The Labute approximate surface area is 136 Å². The molecule has 0 aliphatic rings. The summed E-state index contributed by atoms with van der Waals surface area (Å²) in [4.78, 5) is 46.4. The molecular formula is C16H26O7. The number of hydrogen-bond donors (Lipinski definition) is 1. The molecule has 1 N–H and O–H groups in total. The van der Waals surface area contributed by atoms with Crippen molar-refractivity contribution in [1.29, 1.82) is 0 Å². The number of aliphatic hydroxyl groups is 1. The Morgan fingerprint density at radius 2 is 1.13 bits per heavy atom. The Kier molecular flexibility index (Phi) is 10.0. The molecule has 7 nitrogen and oxygen atoms in total. The summed E-state index contributed by atoms with van der Waals surface area (Å²) < 4.78 is 9.11. The lowest BCUT2D eigenvalue weighted by Gasteiger charge is -2.14. The average Bonchev–Trinajstić information content (AvgIpc) is 2.49. The highest BCUT2D eigenvalue weighted by atomic mass is 16.6. The van der Waals surface area contributed by atoms with Crippen molar-refractivity contribution in [3.63, 3.8) is 0 Å². The minimum Gasteiger partial charge on any atom is -0.393 e. The zero-order valence-corrected chi connectivity index (χ0v) is 14.2. The van der Waals surface area contributed by atoms with Crippen LogP contribution in [0.1, 0.15) is 59.8 Å². The fraction of sp³-hybridized carbons (Fsp3) is 0.750. The second-order valence-electron chi connectivity index (χ2n) is 5.28. The second-order valence-corrected chi connectivity index (χ2v) is 5.28. The molecule has 0 aromatic rings. The highest BCUT2D eigenvalue weighted by molar-refractivity contribution is 5.93. The van der Waals surface area contributed by atoms with Gasteiger partial charge in [0.15, 0.2) is 6.10 Å². The first kappa shape index (κ1) is 21.2. The number of carbonyl (C=O) groups excluding carboxylic acids is 4. The zero-order chi connectivity index (χ0) is 18.0. The van der Waals surface area contributed by atoms with Gasteiger partial charge in [-0.05, 0) is 25.7 Å². The molecule has 0 saturated carbocycles. The third kappa shape index (κ3) is 7.36. The standard InChI is InChI=1S/C16H26O7/c1-5-10(6-2)14(19)22-13(18)9-12(17)16(21)23-15(20)11(7-3)8-4/h10-12,17H,5-9H2,1-4H3. The summed E-state index contributed by atoms with van der Waals surface area (Å²) in [5.74, 6) is -4.50. The third-order valence-corrected chi connectivity index (χ3v) is 3.69. The smallest absolute Gasteiger partial charge is 0.343 e. The van der Waals surface area contributed by atoms with Gasteiger partial charge in [-0.15, -0.1) is 0 Å². The minimum absolute atomic E-state index is 0.403. The van der Waals surface area contributed by atoms with Crippen LogP contribution < -0.4 is 0 Å². The molecular weight excluding hydrogens is 304 g/mol. The Balaban J connectivity index is 4.44. The summed E-state index contributed by atoms with van der Waals surface area (Å²) in [5, 5.41) is 9.59. The number of esters is 4. The SMILES string of the molecule is CCC(CC)C(=O)OC(=O)CC(O)C(=O)OC(=O)C(CC)CC. The molecule has 1 unspecified atom stereocenters. The average molecular weight is 330 g/mol. The predicted molar refractivity (Wildman–Crippen MR) is 81.0 cm³/mol. The van der Waals surface area contributed by atoms with Gasteiger partial charge < -0.3 is 14.6 Å². The first-order valence-corrected chi connectivity index (χ1v) is 7.98. The van der Waals surface area contributed by atoms with E-state index >= 15 is 0 Å². The molecule has 0 aromatic heterocycles. The fourth-order valence-electron chi connectivity index (χ4n) is 1.97. The molecule has 23 heavy (non-hydrogen) atoms. The van der Waals surface area contributed by atoms with Crippen LogP contribution in [0.25, 0.3) is 0 Å². The quantitative estimate of drug-likeness (QED) is 0.507.